The minimum Gasteiger partial charge on any atom is -0.435 e. The van der Waals surface area contributed by atoms with Crippen LogP contribution in [-0.2, 0) is 6.42 Å². The largest absolute Gasteiger partial charge is 0.435 e. The zero-order chi connectivity index (χ0) is 10.6. The van der Waals surface area contributed by atoms with E-state index in [1.165, 1.54) is 12.1 Å². The van der Waals surface area contributed by atoms with E-state index in [4.69, 9.17) is 5.11 Å². The Morgan fingerprint density at radius 2 is 2.07 bits per heavy atom. The van der Waals surface area contributed by atoms with E-state index in [0.717, 1.165) is 6.07 Å². The van der Waals surface area contributed by atoms with Crippen LogP contribution in [0.2, 0.25) is 0 Å². The lowest BCUT2D eigenvalue weighted by atomic mass is 10.1. The maximum atomic E-state index is 13.1. The van der Waals surface area contributed by atoms with Gasteiger partial charge < -0.3 is 9.84 Å². The molecule has 0 unspecified atom stereocenters. The number of rotatable bonds is 4. The Hall–Kier alpha value is -1.23. The van der Waals surface area contributed by atoms with Gasteiger partial charge in [-0.15, -0.1) is 0 Å². The van der Waals surface area contributed by atoms with Crippen molar-refractivity contribution in [2.45, 2.75) is 13.0 Å². The molecule has 1 aromatic rings. The summed E-state index contributed by atoms with van der Waals surface area (Å²) in [4.78, 5) is 0. The topological polar surface area (TPSA) is 29.5 Å². The number of hydrogen-bond donors (Lipinski definition) is 1. The molecular formula is C9H9F3O2. The molecule has 0 aliphatic carbocycles. The summed E-state index contributed by atoms with van der Waals surface area (Å²) < 4.78 is 40.5. The fourth-order valence-corrected chi connectivity index (χ4v) is 1.03. The summed E-state index contributed by atoms with van der Waals surface area (Å²) in [6.07, 6.45) is 0.154. The van der Waals surface area contributed by atoms with Gasteiger partial charge in [0.05, 0.1) is 0 Å². The third-order valence-corrected chi connectivity index (χ3v) is 1.63. The lowest BCUT2D eigenvalue weighted by Crippen LogP contribution is -2.03. The Morgan fingerprint density at radius 3 is 2.57 bits per heavy atom. The molecule has 14 heavy (non-hydrogen) atoms. The number of alkyl halides is 2. The van der Waals surface area contributed by atoms with Crippen molar-refractivity contribution >= 4 is 0 Å². The minimum absolute atomic E-state index is 0.154. The number of ether oxygens (including phenoxy) is 1. The first kappa shape index (κ1) is 10.8. The molecule has 0 aromatic heterocycles. The smallest absolute Gasteiger partial charge is 0.387 e. The van der Waals surface area contributed by atoms with Crippen molar-refractivity contribution in [1.82, 2.24) is 0 Å². The molecule has 0 atom stereocenters. The van der Waals surface area contributed by atoms with Crippen molar-refractivity contribution < 1.29 is 23.0 Å². The molecular weight excluding hydrogens is 197 g/mol. The summed E-state index contributed by atoms with van der Waals surface area (Å²) in [6, 6.07) is 3.42. The molecule has 0 saturated carbocycles. The van der Waals surface area contributed by atoms with Gasteiger partial charge in [-0.3, -0.25) is 0 Å². The highest BCUT2D eigenvalue weighted by molar-refractivity contribution is 5.29. The van der Waals surface area contributed by atoms with Crippen LogP contribution in [-0.4, -0.2) is 18.3 Å². The first-order valence-corrected chi connectivity index (χ1v) is 3.97. The zero-order valence-corrected chi connectivity index (χ0v) is 7.21. The van der Waals surface area contributed by atoms with E-state index < -0.39 is 12.4 Å². The summed E-state index contributed by atoms with van der Waals surface area (Å²) in [6.45, 7) is -3.15. The number of aliphatic hydroxyl groups excluding tert-OH is 1. The Balaban J connectivity index is 2.78. The van der Waals surface area contributed by atoms with Crippen LogP contribution in [0.3, 0.4) is 0 Å². The van der Waals surface area contributed by atoms with Gasteiger partial charge in [-0.05, 0) is 18.1 Å². The van der Waals surface area contributed by atoms with Gasteiger partial charge in [-0.25, -0.2) is 4.39 Å². The van der Waals surface area contributed by atoms with Crippen molar-refractivity contribution in [3.8, 4) is 5.75 Å². The van der Waals surface area contributed by atoms with E-state index in [-0.39, 0.29) is 24.3 Å². The third-order valence-electron chi connectivity index (χ3n) is 1.63. The summed E-state index contributed by atoms with van der Waals surface area (Å²) in [5.41, 5.74) is 0.272. The van der Waals surface area contributed by atoms with Gasteiger partial charge in [0.25, 0.3) is 0 Å². The predicted octanol–water partition coefficient (Wildman–Crippen LogP) is 1.96. The first-order valence-electron chi connectivity index (χ1n) is 3.97. The molecule has 0 spiro atoms. The quantitative estimate of drug-likeness (QED) is 0.815. The van der Waals surface area contributed by atoms with Crippen LogP contribution in [0.4, 0.5) is 13.2 Å². The first-order chi connectivity index (χ1) is 6.63. The van der Waals surface area contributed by atoms with Crippen molar-refractivity contribution in [3.05, 3.63) is 29.6 Å². The van der Waals surface area contributed by atoms with Gasteiger partial charge in [-0.1, -0.05) is 6.07 Å². The second-order valence-corrected chi connectivity index (χ2v) is 2.61. The highest BCUT2D eigenvalue weighted by Crippen LogP contribution is 2.18. The van der Waals surface area contributed by atoms with Crippen LogP contribution < -0.4 is 4.74 Å². The molecule has 0 radical (unpaired) electrons. The Kier molecular flexibility index (Phi) is 3.76. The van der Waals surface area contributed by atoms with E-state index in [9.17, 15) is 13.2 Å². The summed E-state index contributed by atoms with van der Waals surface area (Å²) in [5, 5.41) is 8.54. The van der Waals surface area contributed by atoms with Gasteiger partial charge in [0.1, 0.15) is 11.6 Å². The highest BCUT2D eigenvalue weighted by atomic mass is 19.3. The van der Waals surface area contributed by atoms with E-state index >= 15 is 0 Å². The van der Waals surface area contributed by atoms with Gasteiger partial charge in [-0.2, -0.15) is 8.78 Å². The van der Waals surface area contributed by atoms with Crippen LogP contribution in [0, 0.1) is 5.82 Å². The van der Waals surface area contributed by atoms with Gasteiger partial charge in [0.2, 0.25) is 0 Å². The Morgan fingerprint density at radius 1 is 1.36 bits per heavy atom. The average Bonchev–Trinajstić information content (AvgIpc) is 2.09. The predicted molar refractivity (Wildman–Crippen MR) is 43.8 cm³/mol. The lowest BCUT2D eigenvalue weighted by molar-refractivity contribution is -0.0500. The number of benzene rings is 1. The van der Waals surface area contributed by atoms with Gasteiger partial charge in [0.15, 0.2) is 0 Å². The second kappa shape index (κ2) is 4.85. The lowest BCUT2D eigenvalue weighted by Gasteiger charge is -2.06. The number of aliphatic hydroxyl groups is 1. The minimum atomic E-state index is -2.96. The molecule has 2 nitrogen and oxygen atoms in total. The van der Waals surface area contributed by atoms with Crippen LogP contribution in [0.1, 0.15) is 5.56 Å². The molecule has 0 saturated heterocycles. The highest BCUT2D eigenvalue weighted by Gasteiger charge is 2.07. The van der Waals surface area contributed by atoms with E-state index in [0.29, 0.717) is 0 Å². The van der Waals surface area contributed by atoms with Gasteiger partial charge >= 0.3 is 6.61 Å². The zero-order valence-electron chi connectivity index (χ0n) is 7.21. The normalized spacial score (nSPS) is 10.6. The summed E-state index contributed by atoms with van der Waals surface area (Å²) in [7, 11) is 0. The van der Waals surface area contributed by atoms with Crippen LogP contribution >= 0.6 is 0 Å². The molecule has 0 fully saturated rings. The van der Waals surface area contributed by atoms with Crippen LogP contribution in [0.5, 0.6) is 5.75 Å². The van der Waals surface area contributed by atoms with Crippen LogP contribution in [0.25, 0.3) is 0 Å². The molecule has 0 heterocycles. The third kappa shape index (κ3) is 2.92. The fourth-order valence-electron chi connectivity index (χ4n) is 1.03. The Bertz CT molecular complexity index is 302. The second-order valence-electron chi connectivity index (χ2n) is 2.61. The van der Waals surface area contributed by atoms with Gasteiger partial charge in [0, 0.05) is 12.7 Å². The van der Waals surface area contributed by atoms with Crippen molar-refractivity contribution in [3.63, 3.8) is 0 Å². The molecule has 0 bridgehead atoms. The fraction of sp³-hybridized carbons (Fsp3) is 0.333. The monoisotopic (exact) mass is 206 g/mol. The summed E-state index contributed by atoms with van der Waals surface area (Å²) >= 11 is 0. The maximum Gasteiger partial charge on any atom is 0.387 e. The Labute approximate surface area is 78.9 Å². The van der Waals surface area contributed by atoms with Crippen molar-refractivity contribution in [2.75, 3.05) is 6.61 Å². The molecule has 1 rings (SSSR count). The standard InChI is InChI=1S/C9H9F3O2/c10-8-5-7(14-9(11)12)2-1-6(8)3-4-13/h1-2,5,9,13H,3-4H2. The average molecular weight is 206 g/mol. The molecule has 0 aliphatic rings. The SMILES string of the molecule is OCCc1ccc(OC(F)F)cc1F. The number of hydrogen-bond acceptors (Lipinski definition) is 2. The van der Waals surface area contributed by atoms with Crippen LogP contribution in [0.15, 0.2) is 18.2 Å². The van der Waals surface area contributed by atoms with Crippen molar-refractivity contribution in [1.29, 1.82) is 0 Å². The molecule has 5 heteroatoms. The maximum absolute atomic E-state index is 13.1. The van der Waals surface area contributed by atoms with E-state index in [1.54, 1.807) is 0 Å². The number of halogens is 3. The van der Waals surface area contributed by atoms with Crippen molar-refractivity contribution in [2.24, 2.45) is 0 Å². The summed E-state index contributed by atoms with van der Waals surface area (Å²) in [5.74, 6) is -0.878. The van der Waals surface area contributed by atoms with E-state index in [2.05, 4.69) is 4.74 Å². The van der Waals surface area contributed by atoms with E-state index in [1.807, 2.05) is 0 Å². The molecule has 78 valence electrons. The molecule has 0 aliphatic heterocycles. The molecule has 1 aromatic carbocycles. The molecule has 1 N–H and O–H groups in total. The molecule has 0 amide bonds.